The minimum absolute atomic E-state index is 0.444. The minimum atomic E-state index is -3.35. The first-order valence-electron chi connectivity index (χ1n) is 4.71. The molecular formula is C11H12Cl3OP. The van der Waals surface area contributed by atoms with Gasteiger partial charge in [-0.25, -0.2) is 0 Å². The molecule has 0 aliphatic heterocycles. The molecule has 0 heterocycles. The van der Waals surface area contributed by atoms with Crippen LogP contribution in [-0.4, -0.2) is 0 Å². The molecule has 0 radical (unpaired) electrons. The number of rotatable bonds is 3. The monoisotopic (exact) mass is 296 g/mol. The highest BCUT2D eigenvalue weighted by atomic mass is 35.9. The van der Waals surface area contributed by atoms with Crippen molar-refractivity contribution in [1.29, 1.82) is 0 Å². The summed E-state index contributed by atoms with van der Waals surface area (Å²) in [7, 11) is 0. The predicted molar refractivity (Wildman–Crippen MR) is 72.7 cm³/mol. The summed E-state index contributed by atoms with van der Waals surface area (Å²) in [6, 6.07) is 9.16. The summed E-state index contributed by atoms with van der Waals surface area (Å²) in [5, 5.41) is 0.444. The van der Waals surface area contributed by atoms with Crippen LogP contribution in [-0.2, 0) is 4.57 Å². The van der Waals surface area contributed by atoms with Crippen molar-refractivity contribution in [3.63, 3.8) is 0 Å². The first-order valence-corrected chi connectivity index (χ1v) is 8.67. The molecule has 0 aromatic heterocycles. The van der Waals surface area contributed by atoms with Crippen LogP contribution in [0.1, 0.15) is 25.1 Å². The van der Waals surface area contributed by atoms with Crippen molar-refractivity contribution < 1.29 is 4.57 Å². The van der Waals surface area contributed by atoms with Crippen molar-refractivity contribution in [2.24, 2.45) is 0 Å². The topological polar surface area (TPSA) is 17.1 Å². The maximum atomic E-state index is 11.9. The normalized spacial score (nSPS) is 13.3. The third-order valence-corrected chi connectivity index (χ3v) is 5.21. The van der Waals surface area contributed by atoms with Crippen molar-refractivity contribution in [3.05, 3.63) is 46.5 Å². The van der Waals surface area contributed by atoms with Crippen LogP contribution < -0.4 is 0 Å². The van der Waals surface area contributed by atoms with Gasteiger partial charge in [0.25, 0.3) is 5.85 Å². The first-order chi connectivity index (χ1) is 7.34. The van der Waals surface area contributed by atoms with Crippen LogP contribution in [0.15, 0.2) is 40.9 Å². The molecule has 0 amide bonds. The van der Waals surface area contributed by atoms with Gasteiger partial charge in [0.05, 0.1) is 5.66 Å². The average Bonchev–Trinajstić information content (AvgIpc) is 2.17. The second-order valence-electron chi connectivity index (χ2n) is 3.66. The number of halogens is 3. The van der Waals surface area contributed by atoms with Gasteiger partial charge in [-0.1, -0.05) is 47.5 Å². The van der Waals surface area contributed by atoms with Crippen LogP contribution in [0.5, 0.6) is 0 Å². The highest BCUT2D eigenvalue weighted by molar-refractivity contribution is 8.08. The van der Waals surface area contributed by atoms with Crippen molar-refractivity contribution in [1.82, 2.24) is 0 Å². The third kappa shape index (κ3) is 3.53. The van der Waals surface area contributed by atoms with Crippen LogP contribution >= 0.6 is 39.9 Å². The molecule has 1 aromatic rings. The molecule has 0 N–H and O–H groups in total. The van der Waals surface area contributed by atoms with E-state index in [0.717, 1.165) is 11.1 Å². The fourth-order valence-corrected chi connectivity index (χ4v) is 4.50. The summed E-state index contributed by atoms with van der Waals surface area (Å²) in [5.41, 5.74) is 0.989. The van der Waals surface area contributed by atoms with Gasteiger partial charge in [-0.05, 0) is 41.9 Å². The Labute approximate surface area is 110 Å². The minimum Gasteiger partial charge on any atom is -0.288 e. The Morgan fingerprint density at radius 1 is 1.19 bits per heavy atom. The van der Waals surface area contributed by atoms with Gasteiger partial charge in [0.15, 0.2) is 0 Å². The molecule has 1 rings (SSSR count). The molecule has 0 fully saturated rings. The Balaban J connectivity index is 3.30. The molecule has 1 aromatic carbocycles. The number of hydrogen-bond donors (Lipinski definition) is 0. The summed E-state index contributed by atoms with van der Waals surface area (Å²) in [6.45, 7) is 3.67. The van der Waals surface area contributed by atoms with Crippen molar-refractivity contribution >= 4 is 39.9 Å². The van der Waals surface area contributed by atoms with Gasteiger partial charge in [-0.15, -0.1) is 0 Å². The van der Waals surface area contributed by atoms with Crippen LogP contribution in [0, 0.1) is 0 Å². The number of hydrogen-bond acceptors (Lipinski definition) is 1. The van der Waals surface area contributed by atoms with Crippen molar-refractivity contribution in [3.8, 4) is 0 Å². The third-order valence-electron chi connectivity index (χ3n) is 2.13. The lowest BCUT2D eigenvalue weighted by Crippen LogP contribution is -1.96. The van der Waals surface area contributed by atoms with E-state index in [1.165, 1.54) is 0 Å². The van der Waals surface area contributed by atoms with Gasteiger partial charge < -0.3 is 0 Å². The molecule has 5 heteroatoms. The van der Waals surface area contributed by atoms with E-state index in [1.54, 1.807) is 0 Å². The van der Waals surface area contributed by atoms with E-state index in [1.807, 2.05) is 44.2 Å². The molecular weight excluding hydrogens is 285 g/mol. The van der Waals surface area contributed by atoms with Gasteiger partial charge in [0.2, 0.25) is 0 Å². The number of allylic oxidation sites excluding steroid dienone is 2. The highest BCUT2D eigenvalue weighted by Gasteiger charge is 2.33. The van der Waals surface area contributed by atoms with Gasteiger partial charge >= 0.3 is 0 Å². The predicted octanol–water partition coefficient (Wildman–Crippen LogP) is 5.93. The summed E-state index contributed by atoms with van der Waals surface area (Å²) >= 11 is 17.7. The number of benzene rings is 1. The molecule has 0 aliphatic rings. The van der Waals surface area contributed by atoms with Crippen molar-refractivity contribution in [2.75, 3.05) is 0 Å². The Morgan fingerprint density at radius 3 is 2.06 bits per heavy atom. The first kappa shape index (κ1) is 14.1. The lowest BCUT2D eigenvalue weighted by molar-refractivity contribution is 0.589. The summed E-state index contributed by atoms with van der Waals surface area (Å²) < 4.78 is 11.9. The van der Waals surface area contributed by atoms with Gasteiger partial charge in [-0.2, -0.15) is 0 Å². The Morgan fingerprint density at radius 2 is 1.69 bits per heavy atom. The molecule has 0 saturated carbocycles. The van der Waals surface area contributed by atoms with Gasteiger partial charge in [-0.3, -0.25) is 4.57 Å². The van der Waals surface area contributed by atoms with Gasteiger partial charge in [0.1, 0.15) is 0 Å². The fourth-order valence-electron chi connectivity index (χ4n) is 1.36. The fraction of sp³-hybridized carbons (Fsp3) is 0.273. The zero-order valence-corrected chi connectivity index (χ0v) is 12.1. The molecule has 88 valence electrons. The quantitative estimate of drug-likeness (QED) is 0.632. The molecule has 1 nitrogen and oxygen atoms in total. The van der Waals surface area contributed by atoms with E-state index < -0.39 is 11.5 Å². The van der Waals surface area contributed by atoms with Gasteiger partial charge in [0, 0.05) is 5.03 Å². The van der Waals surface area contributed by atoms with Crippen LogP contribution in [0.2, 0.25) is 0 Å². The molecule has 0 bridgehead atoms. The van der Waals surface area contributed by atoms with E-state index in [9.17, 15) is 4.57 Å². The molecule has 1 atom stereocenters. The van der Waals surface area contributed by atoms with Crippen molar-refractivity contribution in [2.45, 2.75) is 19.5 Å². The Bertz CT molecular complexity index is 432. The molecule has 0 aliphatic carbocycles. The lowest BCUT2D eigenvalue weighted by Gasteiger charge is -2.18. The zero-order valence-electron chi connectivity index (χ0n) is 8.95. The Hall–Kier alpha value is 0.0600. The Kier molecular flexibility index (Phi) is 4.94. The van der Waals surface area contributed by atoms with E-state index in [2.05, 4.69) is 0 Å². The summed E-state index contributed by atoms with van der Waals surface area (Å²) in [5.74, 6) is -3.35. The van der Waals surface area contributed by atoms with Crippen LogP contribution in [0.25, 0.3) is 0 Å². The second-order valence-corrected chi connectivity index (χ2v) is 9.12. The summed E-state index contributed by atoms with van der Waals surface area (Å²) in [4.78, 5) is 0. The van der Waals surface area contributed by atoms with E-state index in [0.29, 0.717) is 5.03 Å². The van der Waals surface area contributed by atoms with E-state index in [-0.39, 0.29) is 0 Å². The SMILES string of the molecule is CC(C)=C(Cl)C(c1ccccc1)P(=O)(Cl)Cl. The largest absolute Gasteiger partial charge is 0.288 e. The van der Waals surface area contributed by atoms with Crippen LogP contribution in [0.4, 0.5) is 0 Å². The maximum absolute atomic E-state index is 11.9. The smallest absolute Gasteiger partial charge is 0.265 e. The zero-order chi connectivity index (χ0) is 12.3. The standard InChI is InChI=1S/C11H12Cl3OP/c1-8(2)10(12)11(16(13,14)15)9-6-4-3-5-7-9/h3-7,11H,1-2H3. The molecule has 0 spiro atoms. The van der Waals surface area contributed by atoms with E-state index in [4.69, 9.17) is 34.1 Å². The van der Waals surface area contributed by atoms with Crippen LogP contribution in [0.3, 0.4) is 0 Å². The molecule has 16 heavy (non-hydrogen) atoms. The second kappa shape index (κ2) is 5.60. The lowest BCUT2D eigenvalue weighted by atomic mass is 10.1. The maximum Gasteiger partial charge on any atom is 0.265 e. The summed E-state index contributed by atoms with van der Waals surface area (Å²) in [6.07, 6.45) is 0. The average molecular weight is 298 g/mol. The highest BCUT2D eigenvalue weighted by Crippen LogP contribution is 2.70. The molecule has 1 unspecified atom stereocenters. The van der Waals surface area contributed by atoms with E-state index >= 15 is 0 Å². The molecule has 0 saturated heterocycles.